The van der Waals surface area contributed by atoms with Crippen LogP contribution in [0, 0.1) is 5.92 Å². The number of halogens is 1. The Kier molecular flexibility index (Phi) is 5.63. The Morgan fingerprint density at radius 2 is 1.43 bits per heavy atom. The smallest absolute Gasteiger partial charge is 0.245 e. The monoisotopic (exact) mass is 464 g/mol. The number of nitrogens with one attached hydrogen (secondary N) is 2. The Hall–Kier alpha value is -2.19. The fraction of sp³-hybridized carbons (Fsp3) is 0.300. The molecule has 0 aliphatic heterocycles. The number of sulfone groups is 1. The average Bonchev–Trinajstić information content (AvgIpc) is 3.48. The third-order valence-corrected chi connectivity index (χ3v) is 7.65. The molecular formula is C20H21BrN2O4S. The van der Waals surface area contributed by atoms with E-state index < -0.39 is 20.5 Å². The maximum absolute atomic E-state index is 12.9. The molecule has 0 radical (unpaired) electrons. The van der Waals surface area contributed by atoms with Crippen LogP contribution in [0.2, 0.25) is 0 Å². The molecule has 0 spiro atoms. The Morgan fingerprint density at radius 3 is 1.93 bits per heavy atom. The molecule has 0 bridgehead atoms. The van der Waals surface area contributed by atoms with Gasteiger partial charge in [-0.05, 0) is 75.2 Å². The molecule has 2 N–H and O–H groups in total. The largest absolute Gasteiger partial charge is 0.326 e. The van der Waals surface area contributed by atoms with E-state index in [0.717, 1.165) is 17.3 Å². The molecule has 0 saturated heterocycles. The predicted molar refractivity (Wildman–Crippen MR) is 112 cm³/mol. The van der Waals surface area contributed by atoms with E-state index in [4.69, 9.17) is 0 Å². The molecule has 2 aromatic carbocycles. The summed E-state index contributed by atoms with van der Waals surface area (Å²) in [6, 6.07) is 12.8. The number of hydrogen-bond donors (Lipinski definition) is 2. The molecule has 148 valence electrons. The molecule has 0 unspecified atom stereocenters. The molecule has 3 rings (SSSR count). The van der Waals surface area contributed by atoms with E-state index >= 15 is 0 Å². The second-order valence-corrected chi connectivity index (χ2v) is 10.7. The Bertz CT molecular complexity index is 996. The molecule has 0 heterocycles. The molecule has 2 amide bonds. The van der Waals surface area contributed by atoms with Gasteiger partial charge in [0, 0.05) is 21.8 Å². The highest BCUT2D eigenvalue weighted by Crippen LogP contribution is 2.31. The van der Waals surface area contributed by atoms with Gasteiger partial charge in [0.1, 0.15) is 4.75 Å². The summed E-state index contributed by atoms with van der Waals surface area (Å²) in [5.74, 6) is -0.535. The molecule has 2 aromatic rings. The normalized spacial score (nSPS) is 14.4. The summed E-state index contributed by atoms with van der Waals surface area (Å²) in [7, 11) is -3.89. The molecule has 0 atom stereocenters. The molecular weight excluding hydrogens is 444 g/mol. The lowest BCUT2D eigenvalue weighted by molar-refractivity contribution is -0.118. The number of carbonyl (C=O) groups is 2. The molecule has 1 saturated carbocycles. The zero-order valence-corrected chi connectivity index (χ0v) is 17.9. The lowest BCUT2D eigenvalue weighted by atomic mass is 10.2. The maximum Gasteiger partial charge on any atom is 0.245 e. The third-order valence-electron chi connectivity index (χ3n) is 4.70. The van der Waals surface area contributed by atoms with Gasteiger partial charge in [-0.3, -0.25) is 9.59 Å². The van der Waals surface area contributed by atoms with Gasteiger partial charge in [0.25, 0.3) is 0 Å². The molecule has 0 aromatic heterocycles. The van der Waals surface area contributed by atoms with Crippen LogP contribution in [0.1, 0.15) is 26.7 Å². The second kappa shape index (κ2) is 7.67. The lowest BCUT2D eigenvalue weighted by Crippen LogP contribution is -2.44. The Labute approximate surface area is 172 Å². The minimum Gasteiger partial charge on any atom is -0.326 e. The van der Waals surface area contributed by atoms with Crippen molar-refractivity contribution in [2.75, 3.05) is 10.6 Å². The van der Waals surface area contributed by atoms with Crippen LogP contribution >= 0.6 is 15.9 Å². The van der Waals surface area contributed by atoms with E-state index in [-0.39, 0.29) is 16.7 Å². The molecule has 6 nitrogen and oxygen atoms in total. The first-order chi connectivity index (χ1) is 13.1. The van der Waals surface area contributed by atoms with Gasteiger partial charge in [0.2, 0.25) is 11.8 Å². The summed E-state index contributed by atoms with van der Waals surface area (Å²) < 4.78 is 24.9. The average molecular weight is 465 g/mol. The van der Waals surface area contributed by atoms with Crippen molar-refractivity contribution in [2.24, 2.45) is 5.92 Å². The fourth-order valence-electron chi connectivity index (χ4n) is 2.54. The van der Waals surface area contributed by atoms with Crippen LogP contribution in [0.15, 0.2) is 57.9 Å². The van der Waals surface area contributed by atoms with Crippen molar-refractivity contribution >= 4 is 49.0 Å². The van der Waals surface area contributed by atoms with Crippen LogP contribution in [-0.4, -0.2) is 25.0 Å². The van der Waals surface area contributed by atoms with Gasteiger partial charge in [-0.2, -0.15) is 0 Å². The lowest BCUT2D eigenvalue weighted by Gasteiger charge is -2.24. The van der Waals surface area contributed by atoms with Gasteiger partial charge in [-0.25, -0.2) is 8.42 Å². The number of anilines is 2. The molecule has 1 aliphatic rings. The molecule has 8 heteroatoms. The number of hydrogen-bond acceptors (Lipinski definition) is 4. The standard InChI is InChI=1S/C20H21BrN2O4S/c1-20(2,28(26,27)17-11-5-14(21)6-12-17)19(25)23-16-9-7-15(8-10-16)22-18(24)13-3-4-13/h5-13H,3-4H2,1-2H3,(H,22,24)(H,23,25). The van der Waals surface area contributed by atoms with Crippen molar-refractivity contribution < 1.29 is 18.0 Å². The van der Waals surface area contributed by atoms with E-state index in [1.165, 1.54) is 26.0 Å². The van der Waals surface area contributed by atoms with Crippen LogP contribution in [0.4, 0.5) is 11.4 Å². The van der Waals surface area contributed by atoms with Crippen molar-refractivity contribution in [1.82, 2.24) is 0 Å². The highest BCUT2D eigenvalue weighted by molar-refractivity contribution is 9.10. The quantitative estimate of drug-likeness (QED) is 0.675. The first-order valence-electron chi connectivity index (χ1n) is 8.84. The van der Waals surface area contributed by atoms with E-state index in [0.29, 0.717) is 11.4 Å². The van der Waals surface area contributed by atoms with Gasteiger partial charge in [0.15, 0.2) is 9.84 Å². The highest BCUT2D eigenvalue weighted by atomic mass is 79.9. The zero-order chi connectivity index (χ0) is 20.5. The summed E-state index contributed by atoms with van der Waals surface area (Å²) >= 11 is 3.27. The Balaban J connectivity index is 1.71. The van der Waals surface area contributed by atoms with Crippen molar-refractivity contribution in [2.45, 2.75) is 36.3 Å². The van der Waals surface area contributed by atoms with Gasteiger partial charge in [-0.15, -0.1) is 0 Å². The van der Waals surface area contributed by atoms with E-state index in [1.807, 2.05) is 0 Å². The summed E-state index contributed by atoms with van der Waals surface area (Å²) in [4.78, 5) is 24.6. The predicted octanol–water partition coefficient (Wildman–Crippen LogP) is 3.99. The number of rotatable bonds is 6. The van der Waals surface area contributed by atoms with E-state index in [9.17, 15) is 18.0 Å². The third kappa shape index (κ3) is 4.28. The summed E-state index contributed by atoms with van der Waals surface area (Å²) in [5, 5.41) is 5.46. The minimum atomic E-state index is -3.89. The first kappa shape index (κ1) is 20.5. The van der Waals surface area contributed by atoms with Crippen molar-refractivity contribution in [1.29, 1.82) is 0 Å². The minimum absolute atomic E-state index is 0.00138. The van der Waals surface area contributed by atoms with Crippen LogP contribution < -0.4 is 10.6 Å². The van der Waals surface area contributed by atoms with Gasteiger partial charge < -0.3 is 10.6 Å². The number of amides is 2. The number of carbonyl (C=O) groups excluding carboxylic acids is 2. The van der Waals surface area contributed by atoms with Gasteiger partial charge >= 0.3 is 0 Å². The van der Waals surface area contributed by atoms with Crippen molar-refractivity contribution in [3.8, 4) is 0 Å². The summed E-state index contributed by atoms with van der Waals surface area (Å²) in [6.45, 7) is 2.76. The zero-order valence-electron chi connectivity index (χ0n) is 15.5. The van der Waals surface area contributed by atoms with E-state index in [1.54, 1.807) is 36.4 Å². The fourth-order valence-corrected chi connectivity index (χ4v) is 4.18. The molecule has 1 fully saturated rings. The number of benzene rings is 2. The van der Waals surface area contributed by atoms with Gasteiger partial charge in [-0.1, -0.05) is 15.9 Å². The van der Waals surface area contributed by atoms with Gasteiger partial charge in [0.05, 0.1) is 4.90 Å². The SMILES string of the molecule is CC(C)(C(=O)Nc1ccc(NC(=O)C2CC2)cc1)S(=O)(=O)c1ccc(Br)cc1. The highest BCUT2D eigenvalue weighted by Gasteiger charge is 2.42. The van der Waals surface area contributed by atoms with Crippen LogP contribution in [0.3, 0.4) is 0 Å². The maximum atomic E-state index is 12.9. The Morgan fingerprint density at radius 1 is 0.929 bits per heavy atom. The van der Waals surface area contributed by atoms with Crippen LogP contribution in [0.5, 0.6) is 0 Å². The van der Waals surface area contributed by atoms with Crippen molar-refractivity contribution in [3.05, 3.63) is 53.0 Å². The summed E-state index contributed by atoms with van der Waals surface area (Å²) in [6.07, 6.45) is 1.84. The van der Waals surface area contributed by atoms with E-state index in [2.05, 4.69) is 26.6 Å². The molecule has 28 heavy (non-hydrogen) atoms. The van der Waals surface area contributed by atoms with Crippen LogP contribution in [0.25, 0.3) is 0 Å². The summed E-state index contributed by atoms with van der Waals surface area (Å²) in [5.41, 5.74) is 1.09. The second-order valence-electron chi connectivity index (χ2n) is 7.26. The topological polar surface area (TPSA) is 92.3 Å². The van der Waals surface area contributed by atoms with Crippen molar-refractivity contribution in [3.63, 3.8) is 0 Å². The molecule has 1 aliphatic carbocycles. The first-order valence-corrected chi connectivity index (χ1v) is 11.1. The van der Waals surface area contributed by atoms with Crippen LogP contribution in [-0.2, 0) is 19.4 Å².